The highest BCUT2D eigenvalue weighted by Gasteiger charge is 2.47. The lowest BCUT2D eigenvalue weighted by Crippen LogP contribution is -2.36. The number of hydrogen-bond acceptors (Lipinski definition) is 4. The van der Waals surface area contributed by atoms with Gasteiger partial charge < -0.3 is 10.5 Å². The lowest BCUT2D eigenvalue weighted by molar-refractivity contribution is -0.116. The normalized spacial score (nSPS) is 17.9. The van der Waals surface area contributed by atoms with Crippen molar-refractivity contribution in [1.29, 1.82) is 5.41 Å². The van der Waals surface area contributed by atoms with Crippen molar-refractivity contribution >= 4 is 12.0 Å². The van der Waals surface area contributed by atoms with Gasteiger partial charge in [-0.25, -0.2) is 0 Å². The number of aryl methyl sites for hydroxylation is 2. The Bertz CT molecular complexity index is 1100. The molecule has 0 unspecified atom stereocenters. The Morgan fingerprint density at radius 2 is 1.86 bits per heavy atom. The number of phenolic OH excluding ortho intramolecular Hbond substituents is 1. The van der Waals surface area contributed by atoms with Crippen LogP contribution in [0, 0.1) is 19.3 Å². The van der Waals surface area contributed by atoms with Crippen LogP contribution in [0.4, 0.5) is 0 Å². The summed E-state index contributed by atoms with van der Waals surface area (Å²) in [6, 6.07) is 16.9. The number of Topliss-reactive ketones (excluding diaryl/α,β-unsaturated/α-hetero) is 1. The van der Waals surface area contributed by atoms with Crippen LogP contribution < -0.4 is 0 Å². The van der Waals surface area contributed by atoms with Crippen molar-refractivity contribution < 1.29 is 9.90 Å². The van der Waals surface area contributed by atoms with Gasteiger partial charge in [0, 0.05) is 11.3 Å². The number of ketones is 1. The number of hydrogen-bond donors (Lipinski definition) is 2. The number of nitrogens with one attached hydrogen (secondary N) is 1. The lowest BCUT2D eigenvalue weighted by atomic mass is 9.70. The number of rotatable bonds is 4. The first-order valence-corrected chi connectivity index (χ1v) is 9.39. The Morgan fingerprint density at radius 1 is 1.07 bits per heavy atom. The average Bonchev–Trinajstić information content (AvgIpc) is 3.09. The molecular weight excluding hydrogens is 348 g/mol. The fraction of sp³-hybridized carbons (Fsp3) is 0.208. The molecule has 1 aliphatic rings. The van der Waals surface area contributed by atoms with Gasteiger partial charge in [0.05, 0.1) is 17.3 Å². The van der Waals surface area contributed by atoms with Crippen molar-refractivity contribution in [3.63, 3.8) is 0 Å². The van der Waals surface area contributed by atoms with Crippen LogP contribution in [0.1, 0.15) is 34.4 Å². The summed E-state index contributed by atoms with van der Waals surface area (Å²) in [7, 11) is 0. The smallest absolute Gasteiger partial charge is 0.188 e. The zero-order valence-electron chi connectivity index (χ0n) is 16.0. The summed E-state index contributed by atoms with van der Waals surface area (Å²) in [6.45, 7) is 4.07. The molecule has 3 aromatic rings. The van der Waals surface area contributed by atoms with Crippen molar-refractivity contribution in [2.45, 2.75) is 32.1 Å². The second-order valence-corrected chi connectivity index (χ2v) is 7.37. The maximum absolute atomic E-state index is 13.1. The number of pyridine rings is 1. The molecule has 0 amide bonds. The maximum Gasteiger partial charge on any atom is 0.188 e. The molecule has 1 atom stereocenters. The van der Waals surface area contributed by atoms with Crippen molar-refractivity contribution in [3.05, 3.63) is 82.5 Å². The van der Waals surface area contributed by atoms with E-state index in [0.717, 1.165) is 34.2 Å². The van der Waals surface area contributed by atoms with Crippen molar-refractivity contribution in [2.75, 3.05) is 0 Å². The SMILES string of the molecule is Cc1cccc([C@]2(C(=O)C=N)CCc3nc(-c4ccccc4O)ccc32)c1C. The summed E-state index contributed by atoms with van der Waals surface area (Å²) in [6.07, 6.45) is 2.19. The summed E-state index contributed by atoms with van der Waals surface area (Å²) >= 11 is 0. The molecule has 2 aromatic carbocycles. The number of nitrogens with zero attached hydrogens (tertiary/aromatic N) is 1. The van der Waals surface area contributed by atoms with E-state index in [1.807, 2.05) is 56.3 Å². The quantitative estimate of drug-likeness (QED) is 0.663. The zero-order chi connectivity index (χ0) is 19.9. The molecule has 0 bridgehead atoms. The molecule has 4 heteroatoms. The zero-order valence-corrected chi connectivity index (χ0v) is 16.0. The van der Waals surface area contributed by atoms with Gasteiger partial charge in [-0.1, -0.05) is 36.4 Å². The van der Waals surface area contributed by atoms with E-state index in [0.29, 0.717) is 24.1 Å². The first kappa shape index (κ1) is 18.1. The van der Waals surface area contributed by atoms with Crippen LogP contribution in [0.3, 0.4) is 0 Å². The van der Waals surface area contributed by atoms with E-state index in [9.17, 15) is 9.90 Å². The van der Waals surface area contributed by atoms with Crippen LogP contribution in [-0.4, -0.2) is 22.1 Å². The van der Waals surface area contributed by atoms with Crippen molar-refractivity contribution in [1.82, 2.24) is 4.98 Å². The molecule has 0 saturated carbocycles. The molecule has 0 aliphatic heterocycles. The molecule has 28 heavy (non-hydrogen) atoms. The first-order valence-electron chi connectivity index (χ1n) is 9.39. The summed E-state index contributed by atoms with van der Waals surface area (Å²) < 4.78 is 0. The van der Waals surface area contributed by atoms with Gasteiger partial charge in [-0.2, -0.15) is 0 Å². The Kier molecular flexibility index (Phi) is 4.34. The highest BCUT2D eigenvalue weighted by atomic mass is 16.3. The minimum Gasteiger partial charge on any atom is -0.507 e. The molecule has 2 N–H and O–H groups in total. The standard InChI is InChI=1S/C24H22N2O2/c1-15-6-5-8-18(16(15)2)24(23(28)14-25)13-12-21-19(24)10-11-20(26-21)17-7-3-4-9-22(17)27/h3-11,14,25,27H,12-13H2,1-2H3/t24-/m1/s1. The molecule has 0 saturated heterocycles. The number of fused-ring (bicyclic) bond motifs is 1. The monoisotopic (exact) mass is 370 g/mol. The predicted octanol–water partition coefficient (Wildman–Crippen LogP) is 4.52. The Morgan fingerprint density at radius 3 is 2.61 bits per heavy atom. The fourth-order valence-electron chi connectivity index (χ4n) is 4.37. The van der Waals surface area contributed by atoms with Gasteiger partial charge in [0.2, 0.25) is 0 Å². The van der Waals surface area contributed by atoms with Gasteiger partial charge in [0.15, 0.2) is 5.78 Å². The molecule has 1 aromatic heterocycles. The topological polar surface area (TPSA) is 74.0 Å². The van der Waals surface area contributed by atoms with E-state index in [1.165, 1.54) is 0 Å². The third-order valence-electron chi connectivity index (χ3n) is 5.97. The number of phenols is 1. The first-order chi connectivity index (χ1) is 13.5. The molecule has 1 heterocycles. The van der Waals surface area contributed by atoms with Crippen molar-refractivity contribution in [2.24, 2.45) is 0 Å². The van der Waals surface area contributed by atoms with E-state index in [4.69, 9.17) is 10.4 Å². The van der Waals surface area contributed by atoms with Crippen LogP contribution in [-0.2, 0) is 16.6 Å². The molecule has 1 aliphatic carbocycles. The van der Waals surface area contributed by atoms with Gasteiger partial charge in [-0.3, -0.25) is 9.78 Å². The van der Waals surface area contributed by atoms with Gasteiger partial charge in [0.1, 0.15) is 5.75 Å². The third kappa shape index (κ3) is 2.56. The highest BCUT2D eigenvalue weighted by Crippen LogP contribution is 2.46. The molecule has 0 spiro atoms. The van der Waals surface area contributed by atoms with E-state index in [1.54, 1.807) is 12.1 Å². The number of benzene rings is 2. The minimum atomic E-state index is -0.864. The largest absolute Gasteiger partial charge is 0.507 e. The lowest BCUT2D eigenvalue weighted by Gasteiger charge is -2.30. The maximum atomic E-state index is 13.1. The predicted molar refractivity (Wildman–Crippen MR) is 110 cm³/mol. The molecule has 0 fully saturated rings. The van der Waals surface area contributed by atoms with E-state index >= 15 is 0 Å². The Labute approximate surface area is 164 Å². The van der Waals surface area contributed by atoms with E-state index in [2.05, 4.69) is 0 Å². The summed E-state index contributed by atoms with van der Waals surface area (Å²) in [5.74, 6) is -0.0265. The van der Waals surface area contributed by atoms with Gasteiger partial charge in [-0.15, -0.1) is 0 Å². The van der Waals surface area contributed by atoms with Crippen LogP contribution in [0.5, 0.6) is 5.75 Å². The summed E-state index contributed by atoms with van der Waals surface area (Å²) in [5, 5.41) is 17.9. The Hall–Kier alpha value is -3.27. The molecule has 0 radical (unpaired) electrons. The number of para-hydroxylation sites is 1. The van der Waals surface area contributed by atoms with Gasteiger partial charge >= 0.3 is 0 Å². The van der Waals surface area contributed by atoms with Crippen LogP contribution in [0.2, 0.25) is 0 Å². The summed E-state index contributed by atoms with van der Waals surface area (Å²) in [5.41, 5.74) is 5.39. The minimum absolute atomic E-state index is 0.185. The van der Waals surface area contributed by atoms with Crippen molar-refractivity contribution in [3.8, 4) is 17.0 Å². The number of aromatic hydroxyl groups is 1. The van der Waals surface area contributed by atoms with Crippen LogP contribution in [0.25, 0.3) is 11.3 Å². The molecule has 4 rings (SSSR count). The second kappa shape index (κ2) is 6.71. The number of carbonyl (C=O) groups is 1. The third-order valence-corrected chi connectivity index (χ3v) is 5.97. The summed E-state index contributed by atoms with van der Waals surface area (Å²) in [4.78, 5) is 17.8. The highest BCUT2D eigenvalue weighted by molar-refractivity contribution is 6.32. The molecule has 4 nitrogen and oxygen atoms in total. The number of carbonyl (C=O) groups excluding carboxylic acids is 1. The van der Waals surface area contributed by atoms with Gasteiger partial charge in [0.25, 0.3) is 0 Å². The Balaban J connectivity index is 1.92. The molecule has 140 valence electrons. The van der Waals surface area contributed by atoms with E-state index in [-0.39, 0.29) is 11.5 Å². The second-order valence-electron chi connectivity index (χ2n) is 7.37. The van der Waals surface area contributed by atoms with E-state index < -0.39 is 5.41 Å². The fourth-order valence-corrected chi connectivity index (χ4v) is 4.37. The van der Waals surface area contributed by atoms with Crippen LogP contribution >= 0.6 is 0 Å². The molecular formula is C24H22N2O2. The number of aromatic nitrogens is 1. The van der Waals surface area contributed by atoms with Gasteiger partial charge in [-0.05, 0) is 67.1 Å². The van der Waals surface area contributed by atoms with Crippen LogP contribution in [0.15, 0.2) is 54.6 Å². The average molecular weight is 370 g/mol.